The van der Waals surface area contributed by atoms with Crippen molar-refractivity contribution in [3.05, 3.63) is 17.7 Å². The highest BCUT2D eigenvalue weighted by Crippen LogP contribution is 2.46. The fourth-order valence-electron chi connectivity index (χ4n) is 2.32. The number of carbonyl (C=O) groups is 1. The van der Waals surface area contributed by atoms with E-state index >= 15 is 0 Å². The van der Waals surface area contributed by atoms with Gasteiger partial charge in [0.15, 0.2) is 11.5 Å². The summed E-state index contributed by atoms with van der Waals surface area (Å²) in [6.07, 6.45) is 6.39. The summed E-state index contributed by atoms with van der Waals surface area (Å²) in [4.78, 5) is 11.7. The Morgan fingerprint density at radius 3 is 1.82 bits per heavy atom. The maximum absolute atomic E-state index is 11.7. The molecule has 6 nitrogen and oxygen atoms in total. The maximum atomic E-state index is 11.7. The van der Waals surface area contributed by atoms with Gasteiger partial charge in [-0.05, 0) is 31.8 Å². The van der Waals surface area contributed by atoms with Crippen LogP contribution in [0.1, 0.15) is 58.9 Å². The number of benzene rings is 1. The molecule has 0 unspecified atom stereocenters. The largest absolute Gasteiger partial charge is 0.493 e. The van der Waals surface area contributed by atoms with Gasteiger partial charge < -0.3 is 23.7 Å². The van der Waals surface area contributed by atoms with Crippen molar-refractivity contribution in [1.29, 1.82) is 0 Å². The Hall–Kier alpha value is -2.37. The molecule has 0 bridgehead atoms. The minimum atomic E-state index is -0.454. The molecule has 6 heteroatoms. The van der Waals surface area contributed by atoms with E-state index in [0.717, 1.165) is 25.7 Å². The van der Waals surface area contributed by atoms with Gasteiger partial charge in [-0.2, -0.15) is 0 Å². The second-order valence-electron chi connectivity index (χ2n) is 6.20. The minimum absolute atomic E-state index is 0.454. The molecule has 0 atom stereocenters. The monoisotopic (exact) mass is 394 g/mol. The normalized spacial score (nSPS) is 10.8. The average Bonchev–Trinajstić information content (AvgIpc) is 2.72. The number of methoxy groups -OCH3 is 1. The molecule has 0 fully saturated rings. The molecular weight excluding hydrogens is 360 g/mol. The molecule has 0 aliphatic rings. The highest BCUT2D eigenvalue weighted by Gasteiger charge is 2.22. The molecule has 0 saturated heterocycles. The van der Waals surface area contributed by atoms with Crippen LogP contribution in [-0.4, -0.2) is 39.5 Å². The lowest BCUT2D eigenvalue weighted by Gasteiger charge is -2.21. The molecule has 0 aromatic heterocycles. The van der Waals surface area contributed by atoms with Gasteiger partial charge in [0.1, 0.15) is 5.75 Å². The van der Waals surface area contributed by atoms with Crippen molar-refractivity contribution in [1.82, 2.24) is 0 Å². The molecule has 1 aromatic carbocycles. The van der Waals surface area contributed by atoms with E-state index in [4.69, 9.17) is 23.7 Å². The van der Waals surface area contributed by atoms with E-state index in [9.17, 15) is 4.79 Å². The fourth-order valence-corrected chi connectivity index (χ4v) is 2.32. The summed E-state index contributed by atoms with van der Waals surface area (Å²) in [6, 6.07) is 1.81. The van der Waals surface area contributed by atoms with Crippen LogP contribution >= 0.6 is 0 Å². The summed E-state index contributed by atoms with van der Waals surface area (Å²) in [5, 5.41) is 0. The van der Waals surface area contributed by atoms with Crippen LogP contribution in [0.5, 0.6) is 23.0 Å². The molecule has 1 aromatic rings. The number of hydrogen-bond acceptors (Lipinski definition) is 6. The van der Waals surface area contributed by atoms with Gasteiger partial charge in [0.05, 0.1) is 39.1 Å². The number of carbonyl (C=O) groups excluding carboxylic acids is 1. The molecule has 0 spiro atoms. The van der Waals surface area contributed by atoms with Crippen LogP contribution in [0.15, 0.2) is 12.1 Å². The van der Waals surface area contributed by atoms with E-state index in [1.165, 1.54) is 13.2 Å². The molecule has 1 rings (SSSR count). The van der Waals surface area contributed by atoms with Gasteiger partial charge in [0.25, 0.3) is 0 Å². The van der Waals surface area contributed by atoms with Gasteiger partial charge in [-0.1, -0.05) is 27.7 Å². The van der Waals surface area contributed by atoms with Crippen LogP contribution in [0.25, 0.3) is 6.08 Å². The summed E-state index contributed by atoms with van der Waals surface area (Å²) in [5.41, 5.74) is 0.641. The van der Waals surface area contributed by atoms with Crippen molar-refractivity contribution in [2.24, 2.45) is 0 Å². The second-order valence-corrected chi connectivity index (χ2v) is 6.20. The Kier molecular flexibility index (Phi) is 11.6. The van der Waals surface area contributed by atoms with Gasteiger partial charge in [-0.25, -0.2) is 4.79 Å². The molecule has 0 amide bonds. The predicted molar refractivity (Wildman–Crippen MR) is 111 cm³/mol. The Bertz CT molecular complexity index is 624. The number of rotatable bonds is 14. The number of hydrogen-bond donors (Lipinski definition) is 0. The van der Waals surface area contributed by atoms with Crippen molar-refractivity contribution >= 4 is 12.0 Å². The molecule has 28 heavy (non-hydrogen) atoms. The summed E-state index contributed by atoms with van der Waals surface area (Å²) in [7, 11) is 1.34. The molecule has 0 N–H and O–H groups in total. The van der Waals surface area contributed by atoms with Crippen molar-refractivity contribution in [2.75, 3.05) is 33.5 Å². The van der Waals surface area contributed by atoms with Crippen LogP contribution in [-0.2, 0) is 9.53 Å². The highest BCUT2D eigenvalue weighted by atomic mass is 16.5. The number of esters is 1. The van der Waals surface area contributed by atoms with E-state index in [1.807, 2.05) is 33.8 Å². The maximum Gasteiger partial charge on any atom is 0.330 e. The summed E-state index contributed by atoms with van der Waals surface area (Å²) in [5.74, 6) is 1.78. The first-order chi connectivity index (χ1) is 13.6. The van der Waals surface area contributed by atoms with Crippen LogP contribution in [0.2, 0.25) is 0 Å². The van der Waals surface area contributed by atoms with E-state index < -0.39 is 5.97 Å². The van der Waals surface area contributed by atoms with Crippen LogP contribution < -0.4 is 18.9 Å². The lowest BCUT2D eigenvalue weighted by molar-refractivity contribution is -0.134. The smallest absolute Gasteiger partial charge is 0.330 e. The minimum Gasteiger partial charge on any atom is -0.493 e. The molecule has 0 saturated carbocycles. The van der Waals surface area contributed by atoms with E-state index in [2.05, 4.69) is 0 Å². The first kappa shape index (κ1) is 23.7. The van der Waals surface area contributed by atoms with E-state index in [1.54, 1.807) is 6.08 Å². The third-order valence-electron chi connectivity index (χ3n) is 3.61. The van der Waals surface area contributed by atoms with E-state index in [0.29, 0.717) is 55.0 Å². The zero-order valence-corrected chi connectivity index (χ0v) is 17.8. The molecule has 0 radical (unpaired) electrons. The molecule has 0 aliphatic heterocycles. The lowest BCUT2D eigenvalue weighted by atomic mass is 10.1. The number of ether oxygens (including phenoxy) is 5. The molecular formula is C22H34O6. The average molecular weight is 395 g/mol. The summed E-state index contributed by atoms with van der Waals surface area (Å²) < 4.78 is 28.6. The quantitative estimate of drug-likeness (QED) is 0.326. The zero-order valence-electron chi connectivity index (χ0n) is 17.8. The van der Waals surface area contributed by atoms with Crippen LogP contribution in [0.4, 0.5) is 0 Å². The third-order valence-corrected chi connectivity index (χ3v) is 3.61. The summed E-state index contributed by atoms with van der Waals surface area (Å²) >= 11 is 0. The van der Waals surface area contributed by atoms with E-state index in [-0.39, 0.29) is 0 Å². The zero-order chi connectivity index (χ0) is 20.8. The van der Waals surface area contributed by atoms with Gasteiger partial charge >= 0.3 is 5.97 Å². The van der Waals surface area contributed by atoms with Crippen molar-refractivity contribution in [3.63, 3.8) is 0 Å². The predicted octanol–water partition coefficient (Wildman–Crippen LogP) is 5.03. The Morgan fingerprint density at radius 1 is 0.786 bits per heavy atom. The van der Waals surface area contributed by atoms with Crippen molar-refractivity contribution < 1.29 is 28.5 Å². The summed E-state index contributed by atoms with van der Waals surface area (Å²) in [6.45, 7) is 10.3. The first-order valence-corrected chi connectivity index (χ1v) is 10.1. The van der Waals surface area contributed by atoms with Gasteiger partial charge in [0, 0.05) is 12.1 Å². The van der Waals surface area contributed by atoms with Crippen LogP contribution in [0.3, 0.4) is 0 Å². The topological polar surface area (TPSA) is 63.2 Å². The van der Waals surface area contributed by atoms with Crippen molar-refractivity contribution in [3.8, 4) is 23.0 Å². The Balaban J connectivity index is 3.56. The third kappa shape index (κ3) is 7.33. The molecule has 0 heterocycles. The van der Waals surface area contributed by atoms with Gasteiger partial charge in [0.2, 0.25) is 5.75 Å². The molecule has 0 aliphatic carbocycles. The lowest BCUT2D eigenvalue weighted by Crippen LogP contribution is -2.08. The van der Waals surface area contributed by atoms with Crippen molar-refractivity contribution in [2.45, 2.75) is 53.4 Å². The van der Waals surface area contributed by atoms with Gasteiger partial charge in [-0.3, -0.25) is 0 Å². The fraction of sp³-hybridized carbons (Fsp3) is 0.591. The van der Waals surface area contributed by atoms with Gasteiger partial charge in [-0.15, -0.1) is 0 Å². The Labute approximate surface area is 168 Å². The Morgan fingerprint density at radius 2 is 1.29 bits per heavy atom. The first-order valence-electron chi connectivity index (χ1n) is 10.1. The highest BCUT2D eigenvalue weighted by molar-refractivity contribution is 5.89. The molecule has 158 valence electrons. The SMILES string of the molecule is CCCOc1cc(OCCC)c(OCCC)c(OCCC)c1C=CC(=O)OC. The van der Waals surface area contributed by atoms with Crippen LogP contribution in [0, 0.1) is 0 Å². The standard InChI is InChI=1S/C22H34O6/c1-6-12-25-18-16-19(26-13-7-2)22(28-15-9-4)21(27-14-8-3)17(18)10-11-20(23)24-5/h10-11,16H,6-9,12-15H2,1-5H3. The second kappa shape index (κ2) is 13.7.